The predicted octanol–water partition coefficient (Wildman–Crippen LogP) is 3.03. The van der Waals surface area contributed by atoms with E-state index in [0.717, 1.165) is 18.4 Å². The molecule has 0 fully saturated rings. The Balaban J connectivity index is 2.48. The summed E-state index contributed by atoms with van der Waals surface area (Å²) in [4.78, 5) is 11.4. The van der Waals surface area contributed by atoms with E-state index in [-0.39, 0.29) is 11.7 Å². The molecule has 0 aromatic heterocycles. The average Bonchev–Trinajstić information content (AvgIpc) is 2.37. The van der Waals surface area contributed by atoms with Gasteiger partial charge in [0.25, 0.3) is 0 Å². The monoisotopic (exact) mass is 253 g/mol. The van der Waals surface area contributed by atoms with E-state index in [4.69, 9.17) is 4.74 Å². The highest BCUT2D eigenvalue weighted by molar-refractivity contribution is 5.75. The van der Waals surface area contributed by atoms with Crippen LogP contribution in [0.2, 0.25) is 0 Å². The Morgan fingerprint density at radius 2 is 2.17 bits per heavy atom. The Morgan fingerprint density at radius 1 is 1.39 bits per heavy atom. The van der Waals surface area contributed by atoms with E-state index in [1.807, 2.05) is 6.92 Å². The Kier molecular flexibility index (Phi) is 6.19. The summed E-state index contributed by atoms with van der Waals surface area (Å²) >= 11 is 0. The first kappa shape index (κ1) is 14.5. The summed E-state index contributed by atoms with van der Waals surface area (Å²) in [6, 6.07) is 4.74. The molecule has 0 radical (unpaired) electrons. The minimum Gasteiger partial charge on any atom is -0.491 e. The summed E-state index contributed by atoms with van der Waals surface area (Å²) in [6.07, 6.45) is 2.39. The summed E-state index contributed by atoms with van der Waals surface area (Å²) in [7, 11) is 0. The molecule has 0 heterocycles. The van der Waals surface area contributed by atoms with Crippen LogP contribution in [0.15, 0.2) is 18.2 Å². The van der Waals surface area contributed by atoms with E-state index in [0.29, 0.717) is 19.6 Å². The van der Waals surface area contributed by atoms with Gasteiger partial charge in [-0.2, -0.15) is 0 Å². The first-order chi connectivity index (χ1) is 8.67. The Hall–Kier alpha value is -1.58. The van der Waals surface area contributed by atoms with Crippen LogP contribution < -0.4 is 10.1 Å². The molecular weight excluding hydrogens is 233 g/mol. The van der Waals surface area contributed by atoms with Crippen molar-refractivity contribution in [2.24, 2.45) is 0 Å². The van der Waals surface area contributed by atoms with Gasteiger partial charge in [-0.15, -0.1) is 0 Å². The third kappa shape index (κ3) is 4.73. The number of hydrogen-bond donors (Lipinski definition) is 1. The third-order valence-electron chi connectivity index (χ3n) is 2.54. The topological polar surface area (TPSA) is 38.3 Å². The fourth-order valence-corrected chi connectivity index (χ4v) is 1.55. The highest BCUT2D eigenvalue weighted by Gasteiger charge is 2.05. The summed E-state index contributed by atoms with van der Waals surface area (Å²) in [5.41, 5.74) is 0.737. The van der Waals surface area contributed by atoms with Crippen LogP contribution in [0, 0.1) is 5.82 Å². The van der Waals surface area contributed by atoms with Crippen LogP contribution in [0.3, 0.4) is 0 Å². The van der Waals surface area contributed by atoms with Gasteiger partial charge in [-0.25, -0.2) is 4.39 Å². The van der Waals surface area contributed by atoms with Crippen molar-refractivity contribution in [2.45, 2.75) is 39.7 Å². The normalized spacial score (nSPS) is 10.2. The summed E-state index contributed by atoms with van der Waals surface area (Å²) < 4.78 is 18.6. The van der Waals surface area contributed by atoms with E-state index in [2.05, 4.69) is 5.32 Å². The number of hydrogen-bond acceptors (Lipinski definition) is 2. The average molecular weight is 253 g/mol. The minimum atomic E-state index is -0.392. The second kappa shape index (κ2) is 7.69. The van der Waals surface area contributed by atoms with Crippen LogP contribution in [0.5, 0.6) is 5.75 Å². The van der Waals surface area contributed by atoms with Crippen LogP contribution in [-0.4, -0.2) is 12.5 Å². The highest BCUT2D eigenvalue weighted by Crippen LogP contribution is 2.18. The highest BCUT2D eigenvalue weighted by atomic mass is 19.1. The zero-order valence-corrected chi connectivity index (χ0v) is 11.0. The maximum absolute atomic E-state index is 13.5. The van der Waals surface area contributed by atoms with Crippen molar-refractivity contribution >= 4 is 5.91 Å². The van der Waals surface area contributed by atoms with Gasteiger partial charge in [0.1, 0.15) is 0 Å². The third-order valence-corrected chi connectivity index (χ3v) is 2.54. The lowest BCUT2D eigenvalue weighted by Crippen LogP contribution is -2.22. The van der Waals surface area contributed by atoms with Crippen molar-refractivity contribution in [3.63, 3.8) is 0 Å². The fraction of sp³-hybridized carbons (Fsp3) is 0.500. The number of carbonyl (C=O) groups excluding carboxylic acids is 1. The van der Waals surface area contributed by atoms with Crippen molar-refractivity contribution in [3.05, 3.63) is 29.6 Å². The number of benzene rings is 1. The van der Waals surface area contributed by atoms with Crippen molar-refractivity contribution in [1.29, 1.82) is 0 Å². The molecule has 0 aliphatic rings. The van der Waals surface area contributed by atoms with Gasteiger partial charge in [-0.1, -0.05) is 19.4 Å². The molecule has 1 aromatic rings. The SMILES string of the molecule is CCCCC(=O)NCc1ccc(OCC)c(F)c1. The number of amides is 1. The van der Waals surface area contributed by atoms with Crippen molar-refractivity contribution in [1.82, 2.24) is 5.32 Å². The standard InChI is InChI=1S/C14H20FNO2/c1-3-5-6-14(17)16-10-11-7-8-13(18-4-2)12(15)9-11/h7-9H,3-6,10H2,1-2H3,(H,16,17). The van der Waals surface area contributed by atoms with Crippen molar-refractivity contribution in [2.75, 3.05) is 6.61 Å². The molecule has 100 valence electrons. The van der Waals surface area contributed by atoms with Gasteiger partial charge in [-0.3, -0.25) is 4.79 Å². The largest absolute Gasteiger partial charge is 0.491 e. The summed E-state index contributed by atoms with van der Waals surface area (Å²) in [6.45, 7) is 4.63. The van der Waals surface area contributed by atoms with Gasteiger partial charge >= 0.3 is 0 Å². The van der Waals surface area contributed by atoms with E-state index < -0.39 is 5.82 Å². The molecule has 0 unspecified atom stereocenters. The van der Waals surface area contributed by atoms with Gasteiger partial charge in [-0.05, 0) is 31.0 Å². The van der Waals surface area contributed by atoms with Gasteiger partial charge in [0, 0.05) is 13.0 Å². The number of rotatable bonds is 7. The maximum atomic E-state index is 13.5. The van der Waals surface area contributed by atoms with Gasteiger partial charge < -0.3 is 10.1 Å². The van der Waals surface area contributed by atoms with Gasteiger partial charge in [0.15, 0.2) is 11.6 Å². The molecule has 1 amide bonds. The molecule has 0 atom stereocenters. The van der Waals surface area contributed by atoms with Gasteiger partial charge in [0.2, 0.25) is 5.91 Å². The zero-order chi connectivity index (χ0) is 13.4. The van der Waals surface area contributed by atoms with Crippen LogP contribution in [0.4, 0.5) is 4.39 Å². The molecule has 1 rings (SSSR count). The lowest BCUT2D eigenvalue weighted by molar-refractivity contribution is -0.121. The van der Waals surface area contributed by atoms with Crippen LogP contribution in [0.25, 0.3) is 0 Å². The number of unbranched alkanes of at least 4 members (excludes halogenated alkanes) is 1. The molecule has 0 aliphatic carbocycles. The molecule has 0 spiro atoms. The molecular formula is C14H20FNO2. The predicted molar refractivity (Wildman–Crippen MR) is 68.9 cm³/mol. The van der Waals surface area contributed by atoms with Crippen molar-refractivity contribution in [3.8, 4) is 5.75 Å². The Labute approximate surface area is 107 Å². The molecule has 0 saturated heterocycles. The van der Waals surface area contributed by atoms with E-state index >= 15 is 0 Å². The Bertz CT molecular complexity index is 393. The lowest BCUT2D eigenvalue weighted by Gasteiger charge is -2.08. The van der Waals surface area contributed by atoms with Crippen molar-refractivity contribution < 1.29 is 13.9 Å². The summed E-state index contributed by atoms with van der Waals surface area (Å²) in [5, 5.41) is 2.77. The molecule has 3 nitrogen and oxygen atoms in total. The van der Waals surface area contributed by atoms with Crippen LogP contribution >= 0.6 is 0 Å². The molecule has 0 aliphatic heterocycles. The summed E-state index contributed by atoms with van der Waals surface area (Å²) in [5.74, 6) is -0.137. The lowest BCUT2D eigenvalue weighted by atomic mass is 10.2. The molecule has 0 saturated carbocycles. The van der Waals surface area contributed by atoms with Crippen LogP contribution in [-0.2, 0) is 11.3 Å². The number of ether oxygens (including phenoxy) is 1. The van der Waals surface area contributed by atoms with E-state index in [1.54, 1.807) is 19.1 Å². The van der Waals surface area contributed by atoms with Gasteiger partial charge in [0.05, 0.1) is 6.61 Å². The molecule has 1 aromatic carbocycles. The van der Waals surface area contributed by atoms with E-state index in [9.17, 15) is 9.18 Å². The second-order valence-electron chi connectivity index (χ2n) is 4.08. The second-order valence-corrected chi connectivity index (χ2v) is 4.08. The quantitative estimate of drug-likeness (QED) is 0.811. The smallest absolute Gasteiger partial charge is 0.220 e. The number of carbonyl (C=O) groups is 1. The zero-order valence-electron chi connectivity index (χ0n) is 11.0. The first-order valence-corrected chi connectivity index (χ1v) is 6.35. The number of halogens is 1. The minimum absolute atomic E-state index is 0.00569. The first-order valence-electron chi connectivity index (χ1n) is 6.35. The number of nitrogens with one attached hydrogen (secondary N) is 1. The molecule has 4 heteroatoms. The maximum Gasteiger partial charge on any atom is 0.220 e. The molecule has 0 bridgehead atoms. The Morgan fingerprint density at radius 3 is 2.78 bits per heavy atom. The fourth-order valence-electron chi connectivity index (χ4n) is 1.55. The van der Waals surface area contributed by atoms with Crippen LogP contribution in [0.1, 0.15) is 38.7 Å². The molecule has 1 N–H and O–H groups in total. The van der Waals surface area contributed by atoms with E-state index in [1.165, 1.54) is 6.07 Å². The molecule has 18 heavy (non-hydrogen) atoms.